The highest BCUT2D eigenvalue weighted by Crippen LogP contribution is 2.33. The quantitative estimate of drug-likeness (QED) is 0.842. The number of Topliss-reactive ketones (excluding diaryl/α,β-unsaturated/α-hetero) is 1. The van der Waals surface area contributed by atoms with Crippen molar-refractivity contribution < 1.29 is 9.59 Å². The van der Waals surface area contributed by atoms with E-state index in [9.17, 15) is 9.59 Å². The van der Waals surface area contributed by atoms with E-state index in [1.165, 1.54) is 11.3 Å². The topological polar surface area (TPSA) is 50.3 Å². The fourth-order valence-electron chi connectivity index (χ4n) is 3.48. The van der Waals surface area contributed by atoms with Gasteiger partial charge in [-0.3, -0.25) is 9.59 Å². The maximum atomic E-state index is 12.7. The highest BCUT2D eigenvalue weighted by atomic mass is 32.1. The van der Waals surface area contributed by atoms with Crippen LogP contribution in [0, 0.1) is 12.8 Å². The average Bonchev–Trinajstić information content (AvgIpc) is 3.07. The predicted molar refractivity (Wildman–Crippen MR) is 77.9 cm³/mol. The molecule has 108 valence electrons. The molecule has 1 saturated heterocycles. The van der Waals surface area contributed by atoms with Crippen molar-refractivity contribution in [1.82, 2.24) is 9.88 Å². The zero-order valence-corrected chi connectivity index (χ0v) is 12.6. The van der Waals surface area contributed by atoms with Gasteiger partial charge >= 0.3 is 0 Å². The van der Waals surface area contributed by atoms with Crippen molar-refractivity contribution in [1.29, 1.82) is 0 Å². The number of carbonyl (C=O) groups is 2. The molecular weight excluding hydrogens is 272 g/mol. The van der Waals surface area contributed by atoms with Crippen LogP contribution >= 0.6 is 11.3 Å². The third-order valence-corrected chi connectivity index (χ3v) is 5.36. The smallest absolute Gasteiger partial charge is 0.265 e. The molecule has 20 heavy (non-hydrogen) atoms. The van der Waals surface area contributed by atoms with Crippen molar-refractivity contribution in [2.75, 3.05) is 6.54 Å². The Balaban J connectivity index is 1.81. The van der Waals surface area contributed by atoms with Gasteiger partial charge in [0.2, 0.25) is 0 Å². The first-order valence-electron chi connectivity index (χ1n) is 7.43. The number of thiazole rings is 1. The lowest BCUT2D eigenvalue weighted by atomic mass is 9.88. The summed E-state index contributed by atoms with van der Waals surface area (Å²) < 4.78 is 0. The molecule has 1 aromatic heterocycles. The van der Waals surface area contributed by atoms with E-state index in [0.717, 1.165) is 43.7 Å². The van der Waals surface area contributed by atoms with Crippen molar-refractivity contribution in [3.63, 3.8) is 0 Å². The van der Waals surface area contributed by atoms with Crippen LogP contribution in [0.1, 0.15) is 53.2 Å². The minimum atomic E-state index is 0.0694. The van der Waals surface area contributed by atoms with Crippen molar-refractivity contribution in [2.45, 2.75) is 51.5 Å². The largest absolute Gasteiger partial charge is 0.334 e. The van der Waals surface area contributed by atoms with E-state index in [4.69, 9.17) is 0 Å². The number of likely N-dealkylation sites (tertiary alicyclic amines) is 1. The van der Waals surface area contributed by atoms with E-state index in [1.807, 2.05) is 11.8 Å². The lowest BCUT2D eigenvalue weighted by molar-refractivity contribution is -0.122. The molecule has 1 amide bonds. The van der Waals surface area contributed by atoms with Crippen LogP contribution in [0.5, 0.6) is 0 Å². The molecule has 0 N–H and O–H groups in total. The molecule has 2 aliphatic rings. The van der Waals surface area contributed by atoms with Crippen LogP contribution in [0.4, 0.5) is 0 Å². The summed E-state index contributed by atoms with van der Waals surface area (Å²) in [6, 6.07) is 0.119. The lowest BCUT2D eigenvalue weighted by Gasteiger charge is -2.38. The summed E-state index contributed by atoms with van der Waals surface area (Å²) in [6.07, 6.45) is 7.45. The molecule has 1 saturated carbocycles. The van der Waals surface area contributed by atoms with Gasteiger partial charge in [0.05, 0.1) is 11.2 Å². The maximum absolute atomic E-state index is 12.7. The van der Waals surface area contributed by atoms with E-state index >= 15 is 0 Å². The number of hydrogen-bond acceptors (Lipinski definition) is 4. The molecule has 2 atom stereocenters. The molecule has 1 aliphatic carbocycles. The van der Waals surface area contributed by atoms with Crippen molar-refractivity contribution in [3.8, 4) is 0 Å². The molecule has 2 unspecified atom stereocenters. The third-order valence-electron chi connectivity index (χ3n) is 4.46. The molecule has 0 bridgehead atoms. The molecule has 1 aromatic rings. The van der Waals surface area contributed by atoms with Crippen LogP contribution in [0.3, 0.4) is 0 Å². The number of nitrogens with zero attached hydrogens (tertiary/aromatic N) is 2. The number of amides is 1. The Kier molecular flexibility index (Phi) is 3.87. The van der Waals surface area contributed by atoms with E-state index in [0.29, 0.717) is 17.1 Å². The van der Waals surface area contributed by atoms with Crippen LogP contribution in [0.15, 0.2) is 6.20 Å². The van der Waals surface area contributed by atoms with Crippen molar-refractivity contribution >= 4 is 23.0 Å². The van der Waals surface area contributed by atoms with Crippen LogP contribution < -0.4 is 0 Å². The first-order chi connectivity index (χ1) is 9.66. The van der Waals surface area contributed by atoms with Gasteiger partial charge < -0.3 is 4.90 Å². The molecule has 0 aromatic carbocycles. The van der Waals surface area contributed by atoms with Gasteiger partial charge in [0.15, 0.2) is 0 Å². The maximum Gasteiger partial charge on any atom is 0.265 e. The Labute approximate surface area is 123 Å². The van der Waals surface area contributed by atoms with Gasteiger partial charge in [-0.1, -0.05) is 0 Å². The molecule has 1 aliphatic heterocycles. The summed E-state index contributed by atoms with van der Waals surface area (Å²) >= 11 is 1.45. The van der Waals surface area contributed by atoms with Gasteiger partial charge in [0, 0.05) is 24.9 Å². The van der Waals surface area contributed by atoms with E-state index in [1.54, 1.807) is 6.20 Å². The monoisotopic (exact) mass is 292 g/mol. The highest BCUT2D eigenvalue weighted by Gasteiger charge is 2.39. The minimum Gasteiger partial charge on any atom is -0.334 e. The molecule has 4 nitrogen and oxygen atoms in total. The molecule has 0 spiro atoms. The van der Waals surface area contributed by atoms with Gasteiger partial charge in [-0.15, -0.1) is 11.3 Å². The van der Waals surface area contributed by atoms with Gasteiger partial charge in [0.1, 0.15) is 10.7 Å². The molecule has 2 heterocycles. The number of aryl methyl sites for hydroxylation is 1. The van der Waals surface area contributed by atoms with Crippen LogP contribution in [-0.2, 0) is 4.79 Å². The summed E-state index contributed by atoms with van der Waals surface area (Å²) in [5.41, 5.74) is 0. The summed E-state index contributed by atoms with van der Waals surface area (Å²) in [5.74, 6) is 0.503. The Morgan fingerprint density at radius 3 is 2.85 bits per heavy atom. The number of carbonyl (C=O) groups excluding carboxylic acids is 2. The van der Waals surface area contributed by atoms with Crippen LogP contribution in [0.25, 0.3) is 0 Å². The second-order valence-corrected chi connectivity index (χ2v) is 7.01. The highest BCUT2D eigenvalue weighted by molar-refractivity contribution is 7.13. The number of rotatable bonds is 2. The van der Waals surface area contributed by atoms with Crippen LogP contribution in [0.2, 0.25) is 0 Å². The lowest BCUT2D eigenvalue weighted by Crippen LogP contribution is -2.48. The van der Waals surface area contributed by atoms with E-state index in [2.05, 4.69) is 4.98 Å². The normalized spacial score (nSPS) is 27.1. The molecule has 2 fully saturated rings. The average molecular weight is 292 g/mol. The Bertz CT molecular complexity index is 526. The number of hydrogen-bond donors (Lipinski definition) is 0. The Morgan fingerprint density at radius 2 is 2.20 bits per heavy atom. The fraction of sp³-hybridized carbons (Fsp3) is 0.667. The number of aromatic nitrogens is 1. The van der Waals surface area contributed by atoms with Gasteiger partial charge in [-0.2, -0.15) is 0 Å². The summed E-state index contributed by atoms with van der Waals surface area (Å²) in [4.78, 5) is 31.5. The summed E-state index contributed by atoms with van der Waals surface area (Å²) in [7, 11) is 0. The molecule has 0 radical (unpaired) electrons. The standard InChI is InChI=1S/C15H20N2O2S/c1-10-16-9-14(20-10)15(19)17-8-3-2-6-12(17)11-5-4-7-13(11)18/h9,11-12H,2-8H2,1H3. The minimum absolute atomic E-state index is 0.0694. The van der Waals surface area contributed by atoms with Gasteiger partial charge in [0.25, 0.3) is 5.91 Å². The van der Waals surface area contributed by atoms with E-state index < -0.39 is 0 Å². The third kappa shape index (κ3) is 2.51. The molecular formula is C15H20N2O2S. The first kappa shape index (κ1) is 13.7. The second kappa shape index (κ2) is 5.64. The van der Waals surface area contributed by atoms with Gasteiger partial charge in [-0.05, 0) is 39.0 Å². The molecule has 3 rings (SSSR count). The first-order valence-corrected chi connectivity index (χ1v) is 8.24. The van der Waals surface area contributed by atoms with Crippen molar-refractivity contribution in [3.05, 3.63) is 16.1 Å². The Hall–Kier alpha value is -1.23. The zero-order valence-electron chi connectivity index (χ0n) is 11.8. The summed E-state index contributed by atoms with van der Waals surface area (Å²) in [6.45, 7) is 2.69. The predicted octanol–water partition coefficient (Wildman–Crippen LogP) is 2.82. The SMILES string of the molecule is Cc1ncc(C(=O)N2CCCCC2C2CCCC2=O)s1. The number of ketones is 1. The second-order valence-electron chi connectivity index (χ2n) is 5.77. The van der Waals surface area contributed by atoms with Crippen molar-refractivity contribution in [2.24, 2.45) is 5.92 Å². The summed E-state index contributed by atoms with van der Waals surface area (Å²) in [5, 5.41) is 0.916. The fourth-order valence-corrected chi connectivity index (χ4v) is 4.21. The van der Waals surface area contributed by atoms with Gasteiger partial charge in [-0.25, -0.2) is 4.98 Å². The number of piperidine rings is 1. The van der Waals surface area contributed by atoms with Crippen LogP contribution in [-0.4, -0.2) is 34.2 Å². The Morgan fingerprint density at radius 1 is 1.35 bits per heavy atom. The zero-order chi connectivity index (χ0) is 14.1. The van der Waals surface area contributed by atoms with E-state index in [-0.39, 0.29) is 17.9 Å². The molecule has 5 heteroatoms.